The van der Waals surface area contributed by atoms with E-state index in [1.54, 1.807) is 0 Å². The molecule has 2 heteroatoms. The normalized spacial score (nSPS) is 12.1. The third kappa shape index (κ3) is 4.48. The topological polar surface area (TPSA) is 26.3 Å². The van der Waals surface area contributed by atoms with Crippen molar-refractivity contribution in [3.05, 3.63) is 194 Å². The van der Waals surface area contributed by atoms with Crippen molar-refractivity contribution in [3.8, 4) is 33.4 Å². The highest BCUT2D eigenvalue weighted by Crippen LogP contribution is 2.48. The molecule has 0 aliphatic rings. The lowest BCUT2D eigenvalue weighted by atomic mass is 9.83. The van der Waals surface area contributed by atoms with Crippen molar-refractivity contribution in [3.63, 3.8) is 0 Å². The fourth-order valence-electron chi connectivity index (χ4n) is 9.83. The summed E-state index contributed by atoms with van der Waals surface area (Å²) in [7, 11) is 0. The van der Waals surface area contributed by atoms with Crippen molar-refractivity contribution in [2.24, 2.45) is 0 Å². The SMILES string of the molecule is c1ccc2c(-c3c4ccccc4c(-c4ccc(-c5ccc6cc7oc8cc9c(cc8c7cc6c5)oc5ccccc59)c5ccccc45)c4ccccc34)cccc2c1. The van der Waals surface area contributed by atoms with Gasteiger partial charge in [0.15, 0.2) is 0 Å². The van der Waals surface area contributed by atoms with Crippen molar-refractivity contribution in [2.75, 3.05) is 0 Å². The zero-order chi connectivity index (χ0) is 37.9. The van der Waals surface area contributed by atoms with Gasteiger partial charge in [-0.25, -0.2) is 0 Å². The largest absolute Gasteiger partial charge is 0.456 e. The summed E-state index contributed by atoms with van der Waals surface area (Å²) in [4.78, 5) is 0. The zero-order valence-corrected chi connectivity index (χ0v) is 31.3. The molecule has 0 saturated carbocycles. The minimum atomic E-state index is 0.872. The second kappa shape index (κ2) is 11.9. The molecule has 0 atom stereocenters. The summed E-state index contributed by atoms with van der Waals surface area (Å²) in [5, 5.41) is 16.7. The van der Waals surface area contributed by atoms with Gasteiger partial charge in [-0.15, -0.1) is 0 Å². The van der Waals surface area contributed by atoms with E-state index in [-0.39, 0.29) is 0 Å². The third-order valence-corrected chi connectivity index (χ3v) is 12.4. The van der Waals surface area contributed by atoms with Crippen molar-refractivity contribution in [1.29, 1.82) is 0 Å². The number of para-hydroxylation sites is 1. The molecule has 0 saturated heterocycles. The van der Waals surface area contributed by atoms with Gasteiger partial charge in [0.05, 0.1) is 0 Å². The predicted octanol–water partition coefficient (Wildman–Crippen LogP) is 16.3. The first-order chi connectivity index (χ1) is 28.7. The van der Waals surface area contributed by atoms with E-state index in [1.807, 2.05) is 12.1 Å². The Morgan fingerprint density at radius 2 is 0.707 bits per heavy atom. The van der Waals surface area contributed by atoms with Crippen molar-refractivity contribution >= 4 is 97.7 Å². The molecule has 0 amide bonds. The Hall–Kier alpha value is -7.68. The van der Waals surface area contributed by atoms with Gasteiger partial charge in [0, 0.05) is 21.5 Å². The van der Waals surface area contributed by atoms with Crippen LogP contribution < -0.4 is 0 Å². The number of furan rings is 2. The van der Waals surface area contributed by atoms with Crippen LogP contribution in [0.4, 0.5) is 0 Å². The molecule has 2 nitrogen and oxygen atoms in total. The highest BCUT2D eigenvalue weighted by molar-refractivity contribution is 6.26. The average molecular weight is 737 g/mol. The summed E-state index contributed by atoms with van der Waals surface area (Å²) in [5.74, 6) is 0. The molecule has 0 aliphatic carbocycles. The van der Waals surface area contributed by atoms with Crippen LogP contribution in [0.1, 0.15) is 0 Å². The van der Waals surface area contributed by atoms with Crippen LogP contribution in [-0.2, 0) is 0 Å². The first-order valence-electron chi connectivity index (χ1n) is 19.9. The molecule has 0 radical (unpaired) electrons. The Morgan fingerprint density at radius 3 is 1.41 bits per heavy atom. The van der Waals surface area contributed by atoms with Crippen LogP contribution in [0.3, 0.4) is 0 Å². The molecule has 0 N–H and O–H groups in total. The quantitative estimate of drug-likeness (QED) is 0.169. The molecule has 11 aromatic carbocycles. The number of hydrogen-bond donors (Lipinski definition) is 0. The number of rotatable bonds is 3. The fourth-order valence-corrected chi connectivity index (χ4v) is 9.83. The molecule has 2 aromatic heterocycles. The van der Waals surface area contributed by atoms with Gasteiger partial charge in [0.2, 0.25) is 0 Å². The third-order valence-electron chi connectivity index (χ3n) is 12.4. The maximum atomic E-state index is 6.49. The van der Waals surface area contributed by atoms with E-state index in [9.17, 15) is 0 Å². The summed E-state index contributed by atoms with van der Waals surface area (Å²) >= 11 is 0. The lowest BCUT2D eigenvalue weighted by Gasteiger charge is -2.20. The summed E-state index contributed by atoms with van der Waals surface area (Å²) in [5.41, 5.74) is 11.0. The molecular formula is C56H32O2. The van der Waals surface area contributed by atoms with Gasteiger partial charge in [-0.05, 0) is 124 Å². The van der Waals surface area contributed by atoms with Gasteiger partial charge in [-0.1, -0.05) is 158 Å². The Labute approximate surface area is 332 Å². The Morgan fingerprint density at radius 1 is 0.224 bits per heavy atom. The summed E-state index contributed by atoms with van der Waals surface area (Å²) in [6.45, 7) is 0. The summed E-state index contributed by atoms with van der Waals surface area (Å²) < 4.78 is 12.8. The van der Waals surface area contributed by atoms with Gasteiger partial charge >= 0.3 is 0 Å². The van der Waals surface area contributed by atoms with E-state index in [1.165, 1.54) is 81.9 Å². The van der Waals surface area contributed by atoms with Crippen LogP contribution in [0.2, 0.25) is 0 Å². The molecule has 13 rings (SSSR count). The first kappa shape index (κ1) is 31.5. The Kier molecular flexibility index (Phi) is 6.47. The smallest absolute Gasteiger partial charge is 0.136 e. The fraction of sp³-hybridized carbons (Fsp3) is 0. The van der Waals surface area contributed by atoms with E-state index in [4.69, 9.17) is 8.83 Å². The number of hydrogen-bond acceptors (Lipinski definition) is 2. The van der Waals surface area contributed by atoms with E-state index < -0.39 is 0 Å². The minimum absolute atomic E-state index is 0.872. The summed E-state index contributed by atoms with van der Waals surface area (Å²) in [6.07, 6.45) is 0. The molecule has 58 heavy (non-hydrogen) atoms. The predicted molar refractivity (Wildman–Crippen MR) is 245 cm³/mol. The number of benzene rings is 11. The van der Waals surface area contributed by atoms with E-state index >= 15 is 0 Å². The monoisotopic (exact) mass is 736 g/mol. The van der Waals surface area contributed by atoms with Crippen molar-refractivity contribution in [1.82, 2.24) is 0 Å². The molecule has 13 aromatic rings. The van der Waals surface area contributed by atoms with E-state index in [0.717, 1.165) is 49.3 Å². The van der Waals surface area contributed by atoms with Crippen molar-refractivity contribution < 1.29 is 8.83 Å². The van der Waals surface area contributed by atoms with Gasteiger partial charge in [0.1, 0.15) is 22.3 Å². The maximum absolute atomic E-state index is 6.49. The Balaban J connectivity index is 1.01. The number of fused-ring (bicyclic) bond motifs is 11. The average Bonchev–Trinajstić information content (AvgIpc) is 3.82. The second-order valence-electron chi connectivity index (χ2n) is 15.5. The van der Waals surface area contributed by atoms with Crippen LogP contribution in [0.15, 0.2) is 203 Å². The lowest BCUT2D eigenvalue weighted by molar-refractivity contribution is 0.664. The second-order valence-corrected chi connectivity index (χ2v) is 15.5. The van der Waals surface area contributed by atoms with Gasteiger partial charge in [0.25, 0.3) is 0 Å². The molecule has 268 valence electrons. The Bertz CT molecular complexity index is 3800. The van der Waals surface area contributed by atoms with Crippen molar-refractivity contribution in [2.45, 2.75) is 0 Å². The molecule has 0 aliphatic heterocycles. The molecule has 2 heterocycles. The van der Waals surface area contributed by atoms with E-state index in [0.29, 0.717) is 0 Å². The lowest BCUT2D eigenvalue weighted by Crippen LogP contribution is -1.93. The van der Waals surface area contributed by atoms with Crippen LogP contribution >= 0.6 is 0 Å². The van der Waals surface area contributed by atoms with Gasteiger partial charge < -0.3 is 8.83 Å². The van der Waals surface area contributed by atoms with E-state index in [2.05, 4.69) is 182 Å². The molecule has 0 unspecified atom stereocenters. The molecule has 0 spiro atoms. The molecular weight excluding hydrogens is 705 g/mol. The first-order valence-corrected chi connectivity index (χ1v) is 19.9. The standard InChI is InChI=1S/C56H32O2/c1-2-14-37-33(12-1)13-11-22-42(37)55-43-18-5-7-20-45(43)56(46-21-8-6-19-44(46)55)47-27-26-38(39-15-3-4-16-40(39)47)35-25-24-34-30-52-48(29-36(34)28-35)50-32-53-49(31-54(50)58-52)41-17-9-10-23-51(41)57-53/h1-32H. The van der Waals surface area contributed by atoms with Crippen LogP contribution in [-0.4, -0.2) is 0 Å². The van der Waals surface area contributed by atoms with Gasteiger partial charge in [-0.3, -0.25) is 0 Å². The zero-order valence-electron chi connectivity index (χ0n) is 31.3. The molecule has 0 fully saturated rings. The van der Waals surface area contributed by atoms with Crippen LogP contribution in [0.25, 0.3) is 131 Å². The van der Waals surface area contributed by atoms with Gasteiger partial charge in [-0.2, -0.15) is 0 Å². The highest BCUT2D eigenvalue weighted by atomic mass is 16.3. The molecule has 0 bridgehead atoms. The summed E-state index contributed by atoms with van der Waals surface area (Å²) in [6, 6.07) is 70.6. The minimum Gasteiger partial charge on any atom is -0.456 e. The van der Waals surface area contributed by atoms with Crippen LogP contribution in [0, 0.1) is 0 Å². The van der Waals surface area contributed by atoms with Crippen LogP contribution in [0.5, 0.6) is 0 Å². The maximum Gasteiger partial charge on any atom is 0.136 e. The highest BCUT2D eigenvalue weighted by Gasteiger charge is 2.20.